The molecule has 0 aliphatic carbocycles. The molecule has 0 atom stereocenters. The van der Waals surface area contributed by atoms with Crippen molar-refractivity contribution in [1.29, 1.82) is 5.26 Å². The molecule has 0 unspecified atom stereocenters. The monoisotopic (exact) mass is 203 g/mol. The van der Waals surface area contributed by atoms with E-state index in [1.165, 1.54) is 19.6 Å². The highest BCUT2D eigenvalue weighted by molar-refractivity contribution is 6.00. The predicted octanol–water partition coefficient (Wildman–Crippen LogP) is 0.947. The number of ether oxygens (including phenoxy) is 1. The minimum atomic E-state index is -0.659. The summed E-state index contributed by atoms with van der Waals surface area (Å²) in [6, 6.07) is 3.42. The van der Waals surface area contributed by atoms with Gasteiger partial charge in [-0.2, -0.15) is 5.26 Å². The molecule has 0 spiro atoms. The maximum Gasteiger partial charge on any atom is 0.348 e. The lowest BCUT2D eigenvalue weighted by Crippen LogP contribution is -2.05. The summed E-state index contributed by atoms with van der Waals surface area (Å²) in [7, 11) is 1.23. The first kappa shape index (κ1) is 10.9. The number of allylic oxidation sites excluding steroid dienone is 1. The fourth-order valence-corrected chi connectivity index (χ4v) is 1.03. The summed E-state index contributed by atoms with van der Waals surface area (Å²) in [6.45, 7) is 1.64. The summed E-state index contributed by atoms with van der Waals surface area (Å²) in [6.07, 6.45) is 2.89. The van der Waals surface area contributed by atoms with Gasteiger partial charge in [0.1, 0.15) is 18.0 Å². The number of methoxy groups -OCH3 is 1. The number of rotatable bonds is 2. The number of esters is 1. The Hall–Kier alpha value is -2.22. The molecule has 76 valence electrons. The molecule has 0 radical (unpaired) electrons. The van der Waals surface area contributed by atoms with Crippen LogP contribution in [0.15, 0.2) is 24.2 Å². The molecule has 0 aliphatic heterocycles. The molecular formula is C10H9N3O2. The highest BCUT2D eigenvalue weighted by atomic mass is 16.5. The van der Waals surface area contributed by atoms with E-state index >= 15 is 0 Å². The molecule has 5 heteroatoms. The van der Waals surface area contributed by atoms with Crippen LogP contribution in [0.2, 0.25) is 0 Å². The molecule has 0 bridgehead atoms. The van der Waals surface area contributed by atoms with Crippen LogP contribution < -0.4 is 0 Å². The molecule has 0 aromatic carbocycles. The first-order chi connectivity index (χ1) is 7.20. The molecule has 0 aliphatic rings. The van der Waals surface area contributed by atoms with Gasteiger partial charge in [0.25, 0.3) is 0 Å². The van der Waals surface area contributed by atoms with Gasteiger partial charge >= 0.3 is 5.97 Å². The van der Waals surface area contributed by atoms with Gasteiger partial charge in [0.05, 0.1) is 12.8 Å². The Morgan fingerprint density at radius 2 is 2.33 bits per heavy atom. The average Bonchev–Trinajstić information content (AvgIpc) is 2.30. The van der Waals surface area contributed by atoms with Crippen LogP contribution in [-0.2, 0) is 9.53 Å². The number of carbonyl (C=O) groups excluding carboxylic acids is 1. The van der Waals surface area contributed by atoms with Crippen LogP contribution in [0.3, 0.4) is 0 Å². The number of nitriles is 1. The normalized spacial score (nSPS) is 11.3. The number of hydrogen-bond acceptors (Lipinski definition) is 5. The zero-order valence-electron chi connectivity index (χ0n) is 8.39. The van der Waals surface area contributed by atoms with Crippen LogP contribution in [0.25, 0.3) is 5.57 Å². The van der Waals surface area contributed by atoms with E-state index in [0.717, 1.165) is 0 Å². The van der Waals surface area contributed by atoms with Crippen molar-refractivity contribution in [3.05, 3.63) is 29.9 Å². The van der Waals surface area contributed by atoms with Crippen molar-refractivity contribution >= 4 is 11.5 Å². The summed E-state index contributed by atoms with van der Waals surface area (Å²) < 4.78 is 4.48. The molecule has 5 nitrogen and oxygen atoms in total. The molecule has 1 heterocycles. The first-order valence-electron chi connectivity index (χ1n) is 4.16. The minimum Gasteiger partial charge on any atom is -0.465 e. The quantitative estimate of drug-likeness (QED) is 0.406. The van der Waals surface area contributed by atoms with E-state index < -0.39 is 5.97 Å². The van der Waals surface area contributed by atoms with Crippen LogP contribution in [0, 0.1) is 11.3 Å². The minimum absolute atomic E-state index is 0.0452. The van der Waals surface area contributed by atoms with Gasteiger partial charge in [0.2, 0.25) is 0 Å². The molecule has 0 amide bonds. The molecule has 0 fully saturated rings. The third-order valence-corrected chi connectivity index (χ3v) is 1.84. The number of nitrogens with zero attached hydrogens (tertiary/aromatic N) is 3. The first-order valence-corrected chi connectivity index (χ1v) is 4.16. The van der Waals surface area contributed by atoms with E-state index in [4.69, 9.17) is 5.26 Å². The largest absolute Gasteiger partial charge is 0.465 e. The maximum atomic E-state index is 11.2. The van der Waals surface area contributed by atoms with E-state index in [-0.39, 0.29) is 5.57 Å². The third kappa shape index (κ3) is 2.38. The lowest BCUT2D eigenvalue weighted by atomic mass is 10.1. The lowest BCUT2D eigenvalue weighted by molar-refractivity contribution is -0.135. The molecule has 1 aromatic rings. The maximum absolute atomic E-state index is 11.2. The summed E-state index contributed by atoms with van der Waals surface area (Å²) in [5.74, 6) is -0.659. The van der Waals surface area contributed by atoms with Crippen molar-refractivity contribution in [2.45, 2.75) is 6.92 Å². The zero-order chi connectivity index (χ0) is 11.3. The molecule has 15 heavy (non-hydrogen) atoms. The Morgan fingerprint density at radius 3 is 2.80 bits per heavy atom. The van der Waals surface area contributed by atoms with Crippen LogP contribution in [-0.4, -0.2) is 23.0 Å². The molecule has 0 saturated heterocycles. The third-order valence-electron chi connectivity index (χ3n) is 1.84. The van der Waals surface area contributed by atoms with Crippen molar-refractivity contribution in [2.24, 2.45) is 0 Å². The van der Waals surface area contributed by atoms with Crippen molar-refractivity contribution in [3.8, 4) is 6.07 Å². The number of hydrogen-bond donors (Lipinski definition) is 0. The average molecular weight is 203 g/mol. The summed E-state index contributed by atoms with van der Waals surface area (Å²) >= 11 is 0. The van der Waals surface area contributed by atoms with Gasteiger partial charge in [0, 0.05) is 6.20 Å². The Kier molecular flexibility index (Phi) is 3.52. The van der Waals surface area contributed by atoms with Gasteiger partial charge in [-0.25, -0.2) is 14.8 Å². The van der Waals surface area contributed by atoms with Crippen molar-refractivity contribution < 1.29 is 9.53 Å². The standard InChI is InChI=1S/C10H9N3O2/c1-7(8(5-11)10(14)15-2)9-3-4-12-6-13-9/h3-4,6H,1-2H3/b8-7-. The van der Waals surface area contributed by atoms with Crippen LogP contribution in [0.4, 0.5) is 0 Å². The summed E-state index contributed by atoms with van der Waals surface area (Å²) in [5.41, 5.74) is 0.968. The summed E-state index contributed by atoms with van der Waals surface area (Å²) in [5, 5.41) is 8.81. The van der Waals surface area contributed by atoms with E-state index in [1.807, 2.05) is 0 Å². The molecule has 1 rings (SSSR count). The second-order valence-electron chi connectivity index (χ2n) is 2.70. The second kappa shape index (κ2) is 4.86. The van der Waals surface area contributed by atoms with Crippen molar-refractivity contribution in [2.75, 3.05) is 7.11 Å². The summed E-state index contributed by atoms with van der Waals surface area (Å²) in [4.78, 5) is 18.9. The van der Waals surface area contributed by atoms with Gasteiger partial charge < -0.3 is 4.74 Å². The fourth-order valence-electron chi connectivity index (χ4n) is 1.03. The molecule has 0 saturated carbocycles. The Bertz CT molecular complexity index is 432. The van der Waals surface area contributed by atoms with Gasteiger partial charge in [-0.05, 0) is 18.6 Å². The van der Waals surface area contributed by atoms with Crippen LogP contribution in [0.1, 0.15) is 12.6 Å². The van der Waals surface area contributed by atoms with Gasteiger partial charge in [0.15, 0.2) is 0 Å². The topological polar surface area (TPSA) is 75.9 Å². The van der Waals surface area contributed by atoms with Gasteiger partial charge in [-0.15, -0.1) is 0 Å². The SMILES string of the molecule is COC(=O)/C(C#N)=C(/C)c1ccncn1. The van der Waals surface area contributed by atoms with E-state index in [2.05, 4.69) is 14.7 Å². The Labute approximate surface area is 87.0 Å². The molecule has 0 N–H and O–H groups in total. The molecule has 1 aromatic heterocycles. The van der Waals surface area contributed by atoms with Gasteiger partial charge in [-0.1, -0.05) is 0 Å². The Morgan fingerprint density at radius 1 is 1.60 bits per heavy atom. The fraction of sp³-hybridized carbons (Fsp3) is 0.200. The van der Waals surface area contributed by atoms with Crippen molar-refractivity contribution in [1.82, 2.24) is 9.97 Å². The lowest BCUT2D eigenvalue weighted by Gasteiger charge is -2.02. The van der Waals surface area contributed by atoms with E-state index in [9.17, 15) is 4.79 Å². The predicted molar refractivity (Wildman–Crippen MR) is 52.3 cm³/mol. The second-order valence-corrected chi connectivity index (χ2v) is 2.70. The van der Waals surface area contributed by atoms with Crippen LogP contribution >= 0.6 is 0 Å². The van der Waals surface area contributed by atoms with Crippen molar-refractivity contribution in [3.63, 3.8) is 0 Å². The van der Waals surface area contributed by atoms with Gasteiger partial charge in [-0.3, -0.25) is 0 Å². The van der Waals surface area contributed by atoms with E-state index in [1.54, 1.807) is 19.1 Å². The molecular weight excluding hydrogens is 194 g/mol. The van der Waals surface area contributed by atoms with Crippen LogP contribution in [0.5, 0.6) is 0 Å². The zero-order valence-corrected chi connectivity index (χ0v) is 8.39. The Balaban J connectivity index is 3.20. The highest BCUT2D eigenvalue weighted by Gasteiger charge is 2.14. The smallest absolute Gasteiger partial charge is 0.348 e. The number of carbonyl (C=O) groups is 1. The van der Waals surface area contributed by atoms with E-state index in [0.29, 0.717) is 11.3 Å². The number of aromatic nitrogens is 2. The highest BCUT2D eigenvalue weighted by Crippen LogP contribution is 2.15.